The molecule has 0 aromatic carbocycles. The molecule has 56 heavy (non-hydrogen) atoms. The number of carbonyl (C=O) groups is 3. The molecule has 0 saturated carbocycles. The average molecular weight is 775 g/mol. The van der Waals surface area contributed by atoms with Crippen molar-refractivity contribution in [2.24, 2.45) is 0 Å². The molecule has 314 valence electrons. The lowest BCUT2D eigenvalue weighted by atomic mass is 10.1. The van der Waals surface area contributed by atoms with Gasteiger partial charge in [0.1, 0.15) is 13.2 Å². The first-order valence-corrected chi connectivity index (χ1v) is 21.9. The van der Waals surface area contributed by atoms with Crippen molar-refractivity contribution >= 4 is 17.9 Å². The highest BCUT2D eigenvalue weighted by molar-refractivity contribution is 5.72. The summed E-state index contributed by atoms with van der Waals surface area (Å²) in [5.74, 6) is -1.16. The Labute approximate surface area is 342 Å². The summed E-state index contributed by atoms with van der Waals surface area (Å²) in [5.41, 5.74) is 0. The van der Waals surface area contributed by atoms with Crippen molar-refractivity contribution < 1.29 is 28.6 Å². The van der Waals surface area contributed by atoms with Crippen molar-refractivity contribution in [2.45, 2.75) is 175 Å². The van der Waals surface area contributed by atoms with Crippen LogP contribution in [0.3, 0.4) is 0 Å². The molecule has 0 fully saturated rings. The van der Waals surface area contributed by atoms with E-state index >= 15 is 0 Å². The van der Waals surface area contributed by atoms with Crippen LogP contribution in [0.15, 0.2) is 109 Å². The molecule has 0 rings (SSSR count). The molecule has 0 aromatic heterocycles. The first-order chi connectivity index (χ1) is 27.5. The summed E-state index contributed by atoms with van der Waals surface area (Å²) in [6, 6.07) is 0. The molecule has 0 aromatic rings. The van der Waals surface area contributed by atoms with Crippen molar-refractivity contribution in [3.8, 4) is 0 Å². The lowest BCUT2D eigenvalue weighted by molar-refractivity contribution is -0.166. The van der Waals surface area contributed by atoms with Gasteiger partial charge < -0.3 is 14.2 Å². The van der Waals surface area contributed by atoms with Crippen LogP contribution in [0.5, 0.6) is 0 Å². The number of allylic oxidation sites excluding steroid dienone is 17. The lowest BCUT2D eigenvalue weighted by Gasteiger charge is -2.18. The van der Waals surface area contributed by atoms with Crippen LogP contribution in [0.4, 0.5) is 0 Å². The van der Waals surface area contributed by atoms with Crippen molar-refractivity contribution in [3.63, 3.8) is 0 Å². The van der Waals surface area contributed by atoms with E-state index < -0.39 is 12.1 Å². The van der Waals surface area contributed by atoms with Gasteiger partial charge in [-0.15, -0.1) is 0 Å². The van der Waals surface area contributed by atoms with Gasteiger partial charge in [-0.05, 0) is 70.6 Å². The molecule has 0 amide bonds. The van der Waals surface area contributed by atoms with E-state index in [4.69, 9.17) is 14.2 Å². The predicted molar refractivity (Wildman–Crippen MR) is 237 cm³/mol. The van der Waals surface area contributed by atoms with Crippen LogP contribution in [-0.4, -0.2) is 37.2 Å². The second-order valence-electron chi connectivity index (χ2n) is 13.9. The van der Waals surface area contributed by atoms with Crippen molar-refractivity contribution in [1.29, 1.82) is 0 Å². The number of rotatable bonds is 37. The summed E-state index contributed by atoms with van der Waals surface area (Å²) >= 11 is 0. The van der Waals surface area contributed by atoms with Crippen molar-refractivity contribution in [1.82, 2.24) is 0 Å². The Morgan fingerprint density at radius 3 is 1.21 bits per heavy atom. The van der Waals surface area contributed by atoms with Crippen LogP contribution >= 0.6 is 0 Å². The fraction of sp³-hybridized carbons (Fsp3) is 0.580. The zero-order valence-corrected chi connectivity index (χ0v) is 35.6. The minimum atomic E-state index is -0.840. The molecular weight excluding hydrogens is 697 g/mol. The summed E-state index contributed by atoms with van der Waals surface area (Å²) in [4.78, 5) is 37.5. The Bertz CT molecular complexity index is 1210. The summed E-state index contributed by atoms with van der Waals surface area (Å²) in [5, 5.41) is 0. The number of carbonyl (C=O) groups excluding carboxylic acids is 3. The molecule has 0 spiro atoms. The van der Waals surface area contributed by atoms with Gasteiger partial charge >= 0.3 is 17.9 Å². The Balaban J connectivity index is 4.53. The Morgan fingerprint density at radius 1 is 0.393 bits per heavy atom. The van der Waals surface area contributed by atoms with Crippen LogP contribution in [-0.2, 0) is 28.6 Å². The molecule has 0 aliphatic heterocycles. The summed E-state index contributed by atoms with van der Waals surface area (Å²) in [6.07, 6.45) is 58.4. The number of esters is 3. The van der Waals surface area contributed by atoms with Crippen LogP contribution in [0.2, 0.25) is 0 Å². The van der Waals surface area contributed by atoms with E-state index in [1.54, 1.807) is 6.08 Å². The second-order valence-corrected chi connectivity index (χ2v) is 13.9. The largest absolute Gasteiger partial charge is 0.462 e. The molecule has 0 heterocycles. The number of hydrogen-bond acceptors (Lipinski definition) is 6. The van der Waals surface area contributed by atoms with Gasteiger partial charge in [-0.3, -0.25) is 14.4 Å². The van der Waals surface area contributed by atoms with E-state index in [9.17, 15) is 14.4 Å². The van der Waals surface area contributed by atoms with Crippen molar-refractivity contribution in [3.05, 3.63) is 109 Å². The molecule has 6 nitrogen and oxygen atoms in total. The third-order valence-corrected chi connectivity index (χ3v) is 8.57. The third kappa shape index (κ3) is 41.2. The Kier molecular flexibility index (Phi) is 40.7. The SMILES string of the molecule is CC/C=C\C/C=C\C/C=C\C/C=C\C/C=C\C/C=C\CCC(=O)OCC(COC(=O)C/C=C\C/C=C\C/C=C\CC)OC(=O)CCCCCCCCCCCC. The van der Waals surface area contributed by atoms with Crippen LogP contribution in [0.1, 0.15) is 168 Å². The first-order valence-electron chi connectivity index (χ1n) is 21.9. The molecule has 0 bridgehead atoms. The van der Waals surface area contributed by atoms with Gasteiger partial charge in [0.25, 0.3) is 0 Å². The van der Waals surface area contributed by atoms with Gasteiger partial charge in [0.15, 0.2) is 6.10 Å². The molecule has 0 N–H and O–H groups in total. The molecule has 1 unspecified atom stereocenters. The normalized spacial score (nSPS) is 13.1. The summed E-state index contributed by atoms with van der Waals surface area (Å²) < 4.78 is 16.5. The second kappa shape index (κ2) is 43.8. The third-order valence-electron chi connectivity index (χ3n) is 8.57. The van der Waals surface area contributed by atoms with E-state index in [1.807, 2.05) is 18.2 Å². The Morgan fingerprint density at radius 2 is 0.768 bits per heavy atom. The number of ether oxygens (including phenoxy) is 3. The van der Waals surface area contributed by atoms with Gasteiger partial charge in [0.05, 0.1) is 6.42 Å². The van der Waals surface area contributed by atoms with Gasteiger partial charge in [-0.2, -0.15) is 0 Å². The van der Waals surface area contributed by atoms with Gasteiger partial charge in [0, 0.05) is 12.8 Å². The molecular formula is C50H78O6. The number of unbranched alkanes of at least 4 members (excludes halogenated alkanes) is 9. The monoisotopic (exact) mass is 775 g/mol. The number of hydrogen-bond donors (Lipinski definition) is 0. The van der Waals surface area contributed by atoms with Gasteiger partial charge in [0.2, 0.25) is 0 Å². The smallest absolute Gasteiger partial charge is 0.309 e. The van der Waals surface area contributed by atoms with Crippen molar-refractivity contribution in [2.75, 3.05) is 13.2 Å². The van der Waals surface area contributed by atoms with E-state index in [0.29, 0.717) is 12.8 Å². The van der Waals surface area contributed by atoms with Crippen LogP contribution < -0.4 is 0 Å². The quantitative estimate of drug-likeness (QED) is 0.0271. The minimum Gasteiger partial charge on any atom is -0.462 e. The highest BCUT2D eigenvalue weighted by Crippen LogP contribution is 2.12. The van der Waals surface area contributed by atoms with Gasteiger partial charge in [-0.1, -0.05) is 188 Å². The van der Waals surface area contributed by atoms with Crippen LogP contribution in [0, 0.1) is 0 Å². The van der Waals surface area contributed by atoms with E-state index in [1.165, 1.54) is 44.9 Å². The highest BCUT2D eigenvalue weighted by atomic mass is 16.6. The molecule has 0 radical (unpaired) electrons. The Hall–Kier alpha value is -3.93. The summed E-state index contributed by atoms with van der Waals surface area (Å²) in [6.45, 7) is 6.19. The maximum Gasteiger partial charge on any atom is 0.309 e. The van der Waals surface area contributed by atoms with E-state index in [0.717, 1.165) is 77.0 Å². The maximum atomic E-state index is 12.6. The lowest BCUT2D eigenvalue weighted by Crippen LogP contribution is -2.30. The first kappa shape index (κ1) is 52.1. The zero-order chi connectivity index (χ0) is 40.8. The van der Waals surface area contributed by atoms with Crippen LogP contribution in [0.25, 0.3) is 0 Å². The summed E-state index contributed by atoms with van der Waals surface area (Å²) in [7, 11) is 0. The molecule has 0 saturated heterocycles. The molecule has 0 aliphatic rings. The molecule has 6 heteroatoms. The topological polar surface area (TPSA) is 78.9 Å². The zero-order valence-electron chi connectivity index (χ0n) is 35.6. The van der Waals surface area contributed by atoms with Gasteiger partial charge in [-0.25, -0.2) is 0 Å². The highest BCUT2D eigenvalue weighted by Gasteiger charge is 2.19. The maximum absolute atomic E-state index is 12.6. The fourth-order valence-corrected chi connectivity index (χ4v) is 5.35. The minimum absolute atomic E-state index is 0.120. The predicted octanol–water partition coefficient (Wildman–Crippen LogP) is 14.0. The fourth-order valence-electron chi connectivity index (χ4n) is 5.35. The molecule has 0 aliphatic carbocycles. The standard InChI is InChI=1S/C50H78O6/c1-4-7-10-13-16-19-21-22-23-24-25-26-27-28-29-32-34-37-40-43-49(52)55-46-47(45-54-48(51)42-39-36-33-30-18-15-12-9-6-3)56-50(53)44-41-38-35-31-20-17-14-11-8-5-2/h7,9-10,12,16,18-19,22-23,25-26,28-30,34,36-37,39,47H,4-6,8,11,13-15,17,20-21,24,27,31-33,35,38,40-46H2,1-3H3/b10-7-,12-9-,19-16-,23-22-,26-25-,29-28-,30-18-,37-34-,39-36-. The van der Waals surface area contributed by atoms with E-state index in [-0.39, 0.29) is 38.0 Å². The average Bonchev–Trinajstić information content (AvgIpc) is 3.19. The van der Waals surface area contributed by atoms with E-state index in [2.05, 4.69) is 106 Å². The molecule has 1 atom stereocenters.